The average Bonchev–Trinajstić information content (AvgIpc) is 1.82. The summed E-state index contributed by atoms with van der Waals surface area (Å²) in [6.07, 6.45) is -1.13. The van der Waals surface area contributed by atoms with Gasteiger partial charge in [-0.2, -0.15) is 0 Å². The van der Waals surface area contributed by atoms with Crippen molar-refractivity contribution in [3.8, 4) is 0 Å². The van der Waals surface area contributed by atoms with Gasteiger partial charge in [0.1, 0.15) is 12.1 Å². The number of nitrogens with zero attached hydrogens (tertiary/aromatic N) is 1. The monoisotopic (exact) mass is 175 g/mol. The highest BCUT2D eigenvalue weighted by Crippen LogP contribution is 2.09. The van der Waals surface area contributed by atoms with Crippen molar-refractivity contribution >= 4 is 5.97 Å². The van der Waals surface area contributed by atoms with E-state index in [0.717, 1.165) is 0 Å². The third kappa shape index (κ3) is 3.69. The molecule has 4 heteroatoms. The number of carboxylic acid groups (broad SMARTS) is 1. The Labute approximate surface area is 73.0 Å². The molecular formula is C8H17NO3. The molecule has 0 radical (unpaired) electrons. The van der Waals surface area contributed by atoms with Crippen LogP contribution in [0.4, 0.5) is 0 Å². The van der Waals surface area contributed by atoms with Gasteiger partial charge in [0.2, 0.25) is 0 Å². The first-order valence-corrected chi connectivity index (χ1v) is 3.94. The van der Waals surface area contributed by atoms with Crippen LogP contribution in [-0.2, 0) is 4.79 Å². The van der Waals surface area contributed by atoms with Gasteiger partial charge in [-0.15, -0.1) is 0 Å². The van der Waals surface area contributed by atoms with Crippen molar-refractivity contribution in [2.24, 2.45) is 0 Å². The van der Waals surface area contributed by atoms with Crippen LogP contribution in [0.1, 0.15) is 13.3 Å². The Balaban J connectivity index is 4.10. The number of rotatable bonds is 4. The Kier molecular flexibility index (Phi) is 3.67. The van der Waals surface area contributed by atoms with Gasteiger partial charge in [0, 0.05) is 12.4 Å². The molecule has 12 heavy (non-hydrogen) atoms. The summed E-state index contributed by atoms with van der Waals surface area (Å²) in [6.45, 7) is 1.81. The Bertz CT molecular complexity index is 162. The highest BCUT2D eigenvalue weighted by atomic mass is 16.4. The van der Waals surface area contributed by atoms with Gasteiger partial charge >= 0.3 is 0 Å². The average molecular weight is 175 g/mol. The van der Waals surface area contributed by atoms with E-state index in [-0.39, 0.29) is 12.5 Å². The van der Waals surface area contributed by atoms with Crippen LogP contribution in [0.25, 0.3) is 0 Å². The Morgan fingerprint density at radius 2 is 1.92 bits per heavy atom. The number of aliphatic hydroxyl groups is 1. The lowest BCUT2D eigenvalue weighted by Crippen LogP contribution is -2.51. The lowest BCUT2D eigenvalue weighted by atomic mass is 10.1. The van der Waals surface area contributed by atoms with E-state index in [1.807, 2.05) is 28.1 Å². The molecule has 0 rings (SSSR count). The van der Waals surface area contributed by atoms with Gasteiger partial charge in [-0.1, -0.05) is 0 Å². The number of aliphatic carboxylic acids is 1. The lowest BCUT2D eigenvalue weighted by molar-refractivity contribution is -0.897. The van der Waals surface area contributed by atoms with Crippen LogP contribution in [0.2, 0.25) is 0 Å². The minimum absolute atomic E-state index is 0.108. The predicted molar refractivity (Wildman–Crippen MR) is 43.1 cm³/mol. The van der Waals surface area contributed by atoms with Crippen molar-refractivity contribution in [1.82, 2.24) is 0 Å². The van der Waals surface area contributed by atoms with Gasteiger partial charge in [0.25, 0.3) is 0 Å². The van der Waals surface area contributed by atoms with Crippen molar-refractivity contribution in [2.75, 3.05) is 21.1 Å². The number of carbonyl (C=O) groups is 1. The van der Waals surface area contributed by atoms with Gasteiger partial charge in [0.15, 0.2) is 0 Å². The molecule has 0 heterocycles. The Morgan fingerprint density at radius 3 is 2.17 bits per heavy atom. The standard InChI is InChI=1S/C8H17NO3/c1-6(9(2,3)4)7(10)5-8(11)12/h6-7,10H,5H2,1-4H3. The maximum atomic E-state index is 10.2. The predicted octanol–water partition coefficient (Wildman–Crippen LogP) is -1.42. The second kappa shape index (κ2) is 3.87. The summed E-state index contributed by atoms with van der Waals surface area (Å²) in [4.78, 5) is 10.2. The minimum atomic E-state index is -1.21. The second-order valence-corrected chi connectivity index (χ2v) is 4.00. The molecule has 0 aliphatic rings. The van der Waals surface area contributed by atoms with Gasteiger partial charge in [-0.3, -0.25) is 0 Å². The van der Waals surface area contributed by atoms with Gasteiger partial charge in [-0.05, 0) is 6.92 Å². The molecule has 0 saturated heterocycles. The van der Waals surface area contributed by atoms with E-state index < -0.39 is 12.1 Å². The molecule has 72 valence electrons. The summed E-state index contributed by atoms with van der Waals surface area (Å²) in [7, 11) is 5.72. The summed E-state index contributed by atoms with van der Waals surface area (Å²) in [5.74, 6) is -1.21. The van der Waals surface area contributed by atoms with Crippen LogP contribution in [0.5, 0.6) is 0 Å². The molecule has 0 amide bonds. The number of carbonyl (C=O) groups excluding carboxylic acids is 1. The molecular weight excluding hydrogens is 158 g/mol. The lowest BCUT2D eigenvalue weighted by Gasteiger charge is -2.34. The Morgan fingerprint density at radius 1 is 1.50 bits per heavy atom. The van der Waals surface area contributed by atoms with Crippen LogP contribution >= 0.6 is 0 Å². The van der Waals surface area contributed by atoms with E-state index in [4.69, 9.17) is 0 Å². The molecule has 0 bridgehead atoms. The second-order valence-electron chi connectivity index (χ2n) is 4.00. The Hall–Kier alpha value is -0.610. The quantitative estimate of drug-likeness (QED) is 0.534. The third-order valence-electron chi connectivity index (χ3n) is 2.15. The SMILES string of the molecule is CC(C(O)CC(=O)[O-])[N+](C)(C)C. The zero-order chi connectivity index (χ0) is 9.94. The maximum absolute atomic E-state index is 10.2. The fraction of sp³-hybridized carbons (Fsp3) is 0.875. The number of hydrogen-bond donors (Lipinski definition) is 1. The number of likely N-dealkylation sites (N-methyl/N-ethyl adjacent to an activating group) is 1. The number of hydrogen-bond acceptors (Lipinski definition) is 3. The maximum Gasteiger partial charge on any atom is 0.112 e. The van der Waals surface area contributed by atoms with Crippen molar-refractivity contribution in [1.29, 1.82) is 0 Å². The third-order valence-corrected chi connectivity index (χ3v) is 2.15. The molecule has 2 atom stereocenters. The van der Waals surface area contributed by atoms with Gasteiger partial charge in [0.05, 0.1) is 21.1 Å². The van der Waals surface area contributed by atoms with E-state index in [1.165, 1.54) is 0 Å². The molecule has 0 aliphatic heterocycles. The smallest absolute Gasteiger partial charge is 0.112 e. The van der Waals surface area contributed by atoms with Crippen molar-refractivity contribution in [3.63, 3.8) is 0 Å². The van der Waals surface area contributed by atoms with Crippen LogP contribution in [-0.4, -0.2) is 48.8 Å². The van der Waals surface area contributed by atoms with E-state index in [2.05, 4.69) is 0 Å². The zero-order valence-corrected chi connectivity index (χ0v) is 8.07. The fourth-order valence-electron chi connectivity index (χ4n) is 0.858. The molecule has 1 N–H and O–H groups in total. The largest absolute Gasteiger partial charge is 0.550 e. The van der Waals surface area contributed by atoms with Crippen LogP contribution < -0.4 is 5.11 Å². The zero-order valence-electron chi connectivity index (χ0n) is 8.07. The van der Waals surface area contributed by atoms with Crippen molar-refractivity contribution in [3.05, 3.63) is 0 Å². The molecule has 0 aromatic heterocycles. The molecule has 0 aromatic rings. The first-order valence-electron chi connectivity index (χ1n) is 3.94. The summed E-state index contributed by atoms with van der Waals surface area (Å²) in [6, 6.07) is -0.108. The first-order chi connectivity index (χ1) is 5.25. The van der Waals surface area contributed by atoms with Crippen LogP contribution in [0, 0.1) is 0 Å². The fourth-order valence-corrected chi connectivity index (χ4v) is 0.858. The van der Waals surface area contributed by atoms with Gasteiger partial charge in [-0.25, -0.2) is 0 Å². The van der Waals surface area contributed by atoms with Crippen LogP contribution in [0.15, 0.2) is 0 Å². The molecule has 0 aliphatic carbocycles. The van der Waals surface area contributed by atoms with Gasteiger partial charge < -0.3 is 19.5 Å². The van der Waals surface area contributed by atoms with E-state index in [0.29, 0.717) is 4.48 Å². The molecule has 0 saturated carbocycles. The normalized spacial score (nSPS) is 17.1. The summed E-state index contributed by atoms with van der Waals surface area (Å²) in [5.41, 5.74) is 0. The number of aliphatic hydroxyl groups excluding tert-OH is 1. The number of carboxylic acids is 1. The first kappa shape index (κ1) is 11.4. The minimum Gasteiger partial charge on any atom is -0.550 e. The summed E-state index contributed by atoms with van der Waals surface area (Å²) < 4.78 is 0.536. The van der Waals surface area contributed by atoms with Crippen LogP contribution in [0.3, 0.4) is 0 Å². The molecule has 2 unspecified atom stereocenters. The van der Waals surface area contributed by atoms with Crippen molar-refractivity contribution < 1.29 is 19.5 Å². The summed E-state index contributed by atoms with van der Waals surface area (Å²) >= 11 is 0. The highest BCUT2D eigenvalue weighted by Gasteiger charge is 2.26. The topological polar surface area (TPSA) is 60.4 Å². The molecule has 0 aromatic carbocycles. The van der Waals surface area contributed by atoms with E-state index >= 15 is 0 Å². The van der Waals surface area contributed by atoms with Crippen molar-refractivity contribution in [2.45, 2.75) is 25.5 Å². The molecule has 0 fully saturated rings. The highest BCUT2D eigenvalue weighted by molar-refractivity contribution is 5.64. The molecule has 0 spiro atoms. The molecule has 4 nitrogen and oxygen atoms in total. The van der Waals surface area contributed by atoms with E-state index in [9.17, 15) is 15.0 Å². The summed E-state index contributed by atoms with van der Waals surface area (Å²) in [5, 5.41) is 19.6. The van der Waals surface area contributed by atoms with E-state index in [1.54, 1.807) is 0 Å². The number of quaternary nitrogens is 1.